The highest BCUT2D eigenvalue weighted by atomic mass is 16.5. The van der Waals surface area contributed by atoms with Crippen LogP contribution in [0.1, 0.15) is 26.4 Å². The summed E-state index contributed by atoms with van der Waals surface area (Å²) in [6.45, 7) is 0.380. The highest BCUT2D eigenvalue weighted by molar-refractivity contribution is 6.03. The Morgan fingerprint density at radius 3 is 2.65 bits per heavy atom. The van der Waals surface area contributed by atoms with Gasteiger partial charge in [0, 0.05) is 19.8 Å². The Labute approximate surface area is 134 Å². The predicted molar refractivity (Wildman–Crippen MR) is 84.4 cm³/mol. The summed E-state index contributed by atoms with van der Waals surface area (Å²) in [5.74, 6) is -0.218. The van der Waals surface area contributed by atoms with E-state index in [1.165, 1.54) is 18.2 Å². The molecule has 1 heterocycles. The molecule has 0 aliphatic carbocycles. The third-order valence-corrected chi connectivity index (χ3v) is 3.32. The summed E-state index contributed by atoms with van der Waals surface area (Å²) in [6, 6.07) is 10.6. The Morgan fingerprint density at radius 1 is 1.17 bits per heavy atom. The zero-order valence-electron chi connectivity index (χ0n) is 13.3. The Bertz CT molecular complexity index is 715. The molecule has 2 aromatic rings. The largest absolute Gasteiger partial charge is 0.497 e. The lowest BCUT2D eigenvalue weighted by molar-refractivity contribution is 0.0584. The van der Waals surface area contributed by atoms with E-state index in [1.807, 2.05) is 24.3 Å². The SMILES string of the molecule is COC(=O)c1ncccc1C(=O)N(C)Cc1cccc(OC)c1. The summed E-state index contributed by atoms with van der Waals surface area (Å²) < 4.78 is 9.84. The molecular weight excluding hydrogens is 296 g/mol. The number of carbonyl (C=O) groups excluding carboxylic acids is 2. The third-order valence-electron chi connectivity index (χ3n) is 3.32. The number of methoxy groups -OCH3 is 2. The van der Waals surface area contributed by atoms with Crippen molar-refractivity contribution >= 4 is 11.9 Å². The number of pyridine rings is 1. The number of nitrogens with zero attached hydrogens (tertiary/aromatic N) is 2. The standard InChI is InChI=1S/C17H18N2O4/c1-19(11-12-6-4-7-13(10-12)22-2)16(20)14-8-5-9-18-15(14)17(21)23-3/h4-10H,11H2,1-3H3. The van der Waals surface area contributed by atoms with Crippen LogP contribution < -0.4 is 4.74 Å². The molecule has 23 heavy (non-hydrogen) atoms. The third kappa shape index (κ3) is 3.85. The zero-order valence-corrected chi connectivity index (χ0v) is 13.3. The molecule has 1 amide bonds. The number of rotatable bonds is 5. The van der Waals surface area contributed by atoms with Crippen molar-refractivity contribution in [2.45, 2.75) is 6.54 Å². The first-order valence-electron chi connectivity index (χ1n) is 6.98. The number of hydrogen-bond acceptors (Lipinski definition) is 5. The summed E-state index contributed by atoms with van der Waals surface area (Å²) in [5, 5.41) is 0. The smallest absolute Gasteiger partial charge is 0.357 e. The van der Waals surface area contributed by atoms with E-state index >= 15 is 0 Å². The molecule has 0 saturated heterocycles. The maximum absolute atomic E-state index is 12.6. The second-order valence-electron chi connectivity index (χ2n) is 4.90. The van der Waals surface area contributed by atoms with Crippen LogP contribution in [0.15, 0.2) is 42.6 Å². The molecule has 0 fully saturated rings. The van der Waals surface area contributed by atoms with Gasteiger partial charge in [-0.25, -0.2) is 9.78 Å². The average Bonchev–Trinajstić information content (AvgIpc) is 2.60. The molecule has 6 nitrogen and oxygen atoms in total. The molecule has 6 heteroatoms. The molecule has 120 valence electrons. The molecule has 0 atom stereocenters. The van der Waals surface area contributed by atoms with Crippen molar-refractivity contribution in [3.8, 4) is 5.75 Å². The first-order chi connectivity index (χ1) is 11.1. The minimum atomic E-state index is -0.635. The van der Waals surface area contributed by atoms with Crippen LogP contribution in [-0.4, -0.2) is 43.0 Å². The lowest BCUT2D eigenvalue weighted by atomic mass is 10.1. The Kier molecular flexibility index (Phi) is 5.30. The van der Waals surface area contributed by atoms with Gasteiger partial charge in [-0.2, -0.15) is 0 Å². The normalized spacial score (nSPS) is 10.0. The minimum absolute atomic E-state index is 0.0116. The summed E-state index contributed by atoms with van der Waals surface area (Å²) in [6.07, 6.45) is 1.45. The number of carbonyl (C=O) groups is 2. The fraction of sp³-hybridized carbons (Fsp3) is 0.235. The number of esters is 1. The van der Waals surface area contributed by atoms with Crippen LogP contribution in [-0.2, 0) is 11.3 Å². The number of benzene rings is 1. The Morgan fingerprint density at radius 2 is 1.96 bits per heavy atom. The van der Waals surface area contributed by atoms with Crippen LogP contribution in [0.25, 0.3) is 0 Å². The molecule has 1 aromatic carbocycles. The molecule has 0 unspecified atom stereocenters. The molecule has 0 spiro atoms. The lowest BCUT2D eigenvalue weighted by Gasteiger charge is -2.18. The van der Waals surface area contributed by atoms with Gasteiger partial charge in [0.05, 0.1) is 19.8 Å². The van der Waals surface area contributed by atoms with Gasteiger partial charge in [-0.3, -0.25) is 4.79 Å². The summed E-state index contributed by atoms with van der Waals surface area (Å²) >= 11 is 0. The van der Waals surface area contributed by atoms with Crippen molar-refractivity contribution in [2.75, 3.05) is 21.3 Å². The van der Waals surface area contributed by atoms with E-state index in [-0.39, 0.29) is 17.2 Å². The van der Waals surface area contributed by atoms with Crippen molar-refractivity contribution in [3.05, 3.63) is 59.4 Å². The van der Waals surface area contributed by atoms with E-state index in [1.54, 1.807) is 26.3 Å². The molecule has 0 aliphatic heterocycles. The molecule has 0 saturated carbocycles. The van der Waals surface area contributed by atoms with Gasteiger partial charge in [0.15, 0.2) is 5.69 Å². The topological polar surface area (TPSA) is 68.7 Å². The maximum atomic E-state index is 12.6. The van der Waals surface area contributed by atoms with Crippen molar-refractivity contribution in [1.82, 2.24) is 9.88 Å². The fourth-order valence-corrected chi connectivity index (χ4v) is 2.16. The van der Waals surface area contributed by atoms with Gasteiger partial charge in [-0.1, -0.05) is 12.1 Å². The van der Waals surface area contributed by atoms with Gasteiger partial charge in [-0.15, -0.1) is 0 Å². The molecule has 0 bridgehead atoms. The van der Waals surface area contributed by atoms with Crippen LogP contribution in [0.5, 0.6) is 5.75 Å². The zero-order chi connectivity index (χ0) is 16.8. The first kappa shape index (κ1) is 16.5. The van der Waals surface area contributed by atoms with Gasteiger partial charge >= 0.3 is 5.97 Å². The lowest BCUT2D eigenvalue weighted by Crippen LogP contribution is -2.28. The molecule has 1 aromatic heterocycles. The van der Waals surface area contributed by atoms with Gasteiger partial charge in [0.25, 0.3) is 5.91 Å². The van der Waals surface area contributed by atoms with E-state index in [0.29, 0.717) is 6.54 Å². The van der Waals surface area contributed by atoms with E-state index in [0.717, 1.165) is 11.3 Å². The van der Waals surface area contributed by atoms with Crippen LogP contribution in [0.3, 0.4) is 0 Å². The minimum Gasteiger partial charge on any atom is -0.497 e. The summed E-state index contributed by atoms with van der Waals surface area (Å²) in [5.41, 5.74) is 1.14. The van der Waals surface area contributed by atoms with Gasteiger partial charge in [0.2, 0.25) is 0 Å². The van der Waals surface area contributed by atoms with Crippen molar-refractivity contribution in [3.63, 3.8) is 0 Å². The molecule has 0 N–H and O–H groups in total. The molecular formula is C17H18N2O4. The van der Waals surface area contributed by atoms with E-state index in [9.17, 15) is 9.59 Å². The molecule has 0 radical (unpaired) electrons. The second-order valence-corrected chi connectivity index (χ2v) is 4.90. The number of ether oxygens (including phenoxy) is 2. The number of amides is 1. The van der Waals surface area contributed by atoms with Gasteiger partial charge in [-0.05, 0) is 29.8 Å². The van der Waals surface area contributed by atoms with E-state index in [2.05, 4.69) is 9.72 Å². The monoisotopic (exact) mass is 314 g/mol. The van der Waals surface area contributed by atoms with Crippen molar-refractivity contribution in [1.29, 1.82) is 0 Å². The maximum Gasteiger partial charge on any atom is 0.357 e. The van der Waals surface area contributed by atoms with Crippen molar-refractivity contribution in [2.24, 2.45) is 0 Å². The van der Waals surface area contributed by atoms with Crippen LogP contribution in [0, 0.1) is 0 Å². The number of aromatic nitrogens is 1. The quantitative estimate of drug-likeness (QED) is 0.791. The van der Waals surface area contributed by atoms with Crippen LogP contribution in [0.4, 0.5) is 0 Å². The summed E-state index contributed by atoms with van der Waals surface area (Å²) in [7, 11) is 4.51. The molecule has 0 aliphatic rings. The predicted octanol–water partition coefficient (Wildman–Crippen LogP) is 2.15. The molecule has 2 rings (SSSR count). The van der Waals surface area contributed by atoms with Crippen LogP contribution >= 0.6 is 0 Å². The Hall–Kier alpha value is -2.89. The van der Waals surface area contributed by atoms with Gasteiger partial charge in [0.1, 0.15) is 5.75 Å². The van der Waals surface area contributed by atoms with Crippen LogP contribution in [0.2, 0.25) is 0 Å². The van der Waals surface area contributed by atoms with E-state index in [4.69, 9.17) is 4.74 Å². The first-order valence-corrected chi connectivity index (χ1v) is 6.98. The summed E-state index contributed by atoms with van der Waals surface area (Å²) in [4.78, 5) is 29.8. The number of hydrogen-bond donors (Lipinski definition) is 0. The second kappa shape index (κ2) is 7.40. The average molecular weight is 314 g/mol. The van der Waals surface area contributed by atoms with Crippen molar-refractivity contribution < 1.29 is 19.1 Å². The van der Waals surface area contributed by atoms with E-state index < -0.39 is 5.97 Å². The van der Waals surface area contributed by atoms with Gasteiger partial charge < -0.3 is 14.4 Å². The highest BCUT2D eigenvalue weighted by Gasteiger charge is 2.21. The Balaban J connectivity index is 2.21. The highest BCUT2D eigenvalue weighted by Crippen LogP contribution is 2.16. The fourth-order valence-electron chi connectivity index (χ4n) is 2.16.